The van der Waals surface area contributed by atoms with Gasteiger partial charge in [-0.15, -0.1) is 0 Å². The highest BCUT2D eigenvalue weighted by Gasteiger charge is 2.21. The molecule has 0 amide bonds. The molecule has 1 aromatic carbocycles. The van der Waals surface area contributed by atoms with Crippen molar-refractivity contribution in [2.75, 3.05) is 18.0 Å². The second kappa shape index (κ2) is 6.55. The van der Waals surface area contributed by atoms with Gasteiger partial charge in [-0.05, 0) is 37.0 Å². The molecule has 0 radical (unpaired) electrons. The number of aliphatic carboxylic acids is 1. The first-order chi connectivity index (χ1) is 9.61. The average molecular weight is 277 g/mol. The fraction of sp³-hybridized carbons (Fsp3) is 0.438. The molecule has 1 aliphatic heterocycles. The lowest BCUT2D eigenvalue weighted by Crippen LogP contribution is -2.35. The summed E-state index contributed by atoms with van der Waals surface area (Å²) in [7, 11) is 0. The van der Waals surface area contributed by atoms with E-state index < -0.39 is 5.97 Å². The first-order valence-electron chi connectivity index (χ1n) is 7.06. The van der Waals surface area contributed by atoms with Crippen molar-refractivity contribution in [2.24, 2.45) is 5.92 Å². The van der Waals surface area contributed by atoms with Crippen molar-refractivity contribution in [1.29, 1.82) is 0 Å². The molecular weight excluding hydrogens is 257 g/mol. The maximum absolute atomic E-state index is 14.0. The predicted molar refractivity (Wildman–Crippen MR) is 78.3 cm³/mol. The molecule has 2 rings (SSSR count). The molecule has 1 aliphatic rings. The molecule has 0 saturated carbocycles. The Morgan fingerprint density at radius 3 is 3.05 bits per heavy atom. The minimum absolute atomic E-state index is 0.367. The molecule has 0 bridgehead atoms. The smallest absolute Gasteiger partial charge is 0.328 e. The number of piperidine rings is 1. The number of hydrogen-bond donors (Lipinski definition) is 1. The predicted octanol–water partition coefficient (Wildman–Crippen LogP) is 3.55. The largest absolute Gasteiger partial charge is 0.478 e. The number of carboxylic acids is 1. The lowest BCUT2D eigenvalue weighted by Gasteiger charge is -2.35. The van der Waals surface area contributed by atoms with Crippen LogP contribution in [0.15, 0.2) is 24.3 Å². The van der Waals surface area contributed by atoms with Gasteiger partial charge in [-0.3, -0.25) is 0 Å². The maximum Gasteiger partial charge on any atom is 0.328 e. The summed E-state index contributed by atoms with van der Waals surface area (Å²) in [6.45, 7) is 3.98. The molecule has 20 heavy (non-hydrogen) atoms. The van der Waals surface area contributed by atoms with Gasteiger partial charge in [-0.2, -0.15) is 0 Å². The van der Waals surface area contributed by atoms with Crippen molar-refractivity contribution < 1.29 is 14.3 Å². The monoisotopic (exact) mass is 277 g/mol. The molecule has 4 heteroatoms. The standard InChI is InChI=1S/C16H20FNO2/c1-2-12-5-4-10-18(11-12)15-7-3-6-14(17)13(15)8-9-16(19)20/h3,6-9,12H,2,4-5,10-11H2,1H3,(H,19,20)/b9-8+. The second-order valence-electron chi connectivity index (χ2n) is 5.21. The highest BCUT2D eigenvalue weighted by Crippen LogP contribution is 2.29. The van der Waals surface area contributed by atoms with Gasteiger partial charge >= 0.3 is 5.97 Å². The van der Waals surface area contributed by atoms with E-state index in [2.05, 4.69) is 11.8 Å². The summed E-state index contributed by atoms with van der Waals surface area (Å²) in [6.07, 6.45) is 5.76. The van der Waals surface area contributed by atoms with Gasteiger partial charge in [0, 0.05) is 30.4 Å². The minimum atomic E-state index is -1.07. The van der Waals surface area contributed by atoms with Crippen LogP contribution in [0.1, 0.15) is 31.7 Å². The third-order valence-corrected chi connectivity index (χ3v) is 3.86. The Bertz CT molecular complexity index is 513. The van der Waals surface area contributed by atoms with Crippen molar-refractivity contribution in [2.45, 2.75) is 26.2 Å². The molecule has 0 spiro atoms. The number of hydrogen-bond acceptors (Lipinski definition) is 2. The fourth-order valence-electron chi connectivity index (χ4n) is 2.74. The van der Waals surface area contributed by atoms with Gasteiger partial charge in [0.15, 0.2) is 0 Å². The Labute approximate surface area is 118 Å². The van der Waals surface area contributed by atoms with Gasteiger partial charge in [-0.1, -0.05) is 19.4 Å². The van der Waals surface area contributed by atoms with Crippen LogP contribution >= 0.6 is 0 Å². The van der Waals surface area contributed by atoms with Crippen LogP contribution in [0.5, 0.6) is 0 Å². The zero-order valence-corrected chi connectivity index (χ0v) is 11.7. The van der Waals surface area contributed by atoms with Crippen LogP contribution in [-0.4, -0.2) is 24.2 Å². The van der Waals surface area contributed by atoms with Crippen LogP contribution in [0.25, 0.3) is 6.08 Å². The third-order valence-electron chi connectivity index (χ3n) is 3.86. The van der Waals surface area contributed by atoms with Crippen LogP contribution in [0.4, 0.5) is 10.1 Å². The number of nitrogens with zero attached hydrogens (tertiary/aromatic N) is 1. The van der Waals surface area contributed by atoms with Gasteiger partial charge in [0.25, 0.3) is 0 Å². The molecule has 108 valence electrons. The maximum atomic E-state index is 14.0. The zero-order valence-electron chi connectivity index (χ0n) is 11.7. The summed E-state index contributed by atoms with van der Waals surface area (Å²) in [5.74, 6) is -0.814. The van der Waals surface area contributed by atoms with Gasteiger partial charge in [0.05, 0.1) is 0 Å². The summed E-state index contributed by atoms with van der Waals surface area (Å²) in [5.41, 5.74) is 1.16. The quantitative estimate of drug-likeness (QED) is 0.856. The molecule has 1 N–H and O–H groups in total. The molecule has 1 heterocycles. The van der Waals surface area contributed by atoms with Crippen LogP contribution < -0.4 is 4.90 Å². The van der Waals surface area contributed by atoms with Crippen LogP contribution in [0.3, 0.4) is 0 Å². The number of halogens is 1. The number of carbonyl (C=O) groups is 1. The van der Waals surface area contributed by atoms with Gasteiger partial charge in [0.1, 0.15) is 5.82 Å². The Hall–Kier alpha value is -1.84. The number of rotatable bonds is 4. The van der Waals surface area contributed by atoms with Crippen molar-refractivity contribution in [3.05, 3.63) is 35.7 Å². The van der Waals surface area contributed by atoms with Crippen LogP contribution in [0.2, 0.25) is 0 Å². The van der Waals surface area contributed by atoms with E-state index in [0.29, 0.717) is 11.5 Å². The SMILES string of the molecule is CCC1CCCN(c2cccc(F)c2/C=C/C(=O)O)C1. The van der Waals surface area contributed by atoms with Crippen molar-refractivity contribution >= 4 is 17.7 Å². The van der Waals surface area contributed by atoms with E-state index >= 15 is 0 Å². The number of carboxylic acid groups (broad SMARTS) is 1. The normalized spacial score (nSPS) is 19.5. The van der Waals surface area contributed by atoms with Crippen molar-refractivity contribution in [1.82, 2.24) is 0 Å². The molecular formula is C16H20FNO2. The van der Waals surface area contributed by atoms with E-state index in [1.54, 1.807) is 6.07 Å². The van der Waals surface area contributed by atoms with Crippen molar-refractivity contribution in [3.63, 3.8) is 0 Å². The molecule has 1 atom stereocenters. The Balaban J connectivity index is 2.30. The van der Waals surface area contributed by atoms with Gasteiger partial charge < -0.3 is 10.0 Å². The minimum Gasteiger partial charge on any atom is -0.478 e. The lowest BCUT2D eigenvalue weighted by molar-refractivity contribution is -0.131. The number of anilines is 1. The lowest BCUT2D eigenvalue weighted by atomic mass is 9.94. The second-order valence-corrected chi connectivity index (χ2v) is 5.21. The Kier molecular flexibility index (Phi) is 4.77. The summed E-state index contributed by atoms with van der Waals surface area (Å²) in [6, 6.07) is 4.91. The molecule has 1 fully saturated rings. The number of benzene rings is 1. The Morgan fingerprint density at radius 2 is 2.35 bits per heavy atom. The first-order valence-corrected chi connectivity index (χ1v) is 7.06. The van der Waals surface area contributed by atoms with E-state index in [1.165, 1.54) is 18.6 Å². The zero-order chi connectivity index (χ0) is 14.5. The van der Waals surface area contributed by atoms with E-state index in [1.807, 2.05) is 6.07 Å². The molecule has 1 unspecified atom stereocenters. The summed E-state index contributed by atoms with van der Waals surface area (Å²) in [5, 5.41) is 8.72. The average Bonchev–Trinajstić information content (AvgIpc) is 2.45. The molecule has 3 nitrogen and oxygen atoms in total. The summed E-state index contributed by atoms with van der Waals surface area (Å²) >= 11 is 0. The van der Waals surface area contributed by atoms with E-state index in [4.69, 9.17) is 5.11 Å². The Morgan fingerprint density at radius 1 is 1.55 bits per heavy atom. The van der Waals surface area contributed by atoms with Crippen LogP contribution in [-0.2, 0) is 4.79 Å². The van der Waals surface area contributed by atoms with E-state index in [0.717, 1.165) is 37.7 Å². The van der Waals surface area contributed by atoms with Gasteiger partial charge in [-0.25, -0.2) is 9.18 Å². The molecule has 0 aliphatic carbocycles. The topological polar surface area (TPSA) is 40.5 Å². The first kappa shape index (κ1) is 14.6. The molecule has 0 aromatic heterocycles. The van der Waals surface area contributed by atoms with E-state index in [-0.39, 0.29) is 5.82 Å². The highest BCUT2D eigenvalue weighted by atomic mass is 19.1. The molecule has 1 saturated heterocycles. The van der Waals surface area contributed by atoms with Gasteiger partial charge in [0.2, 0.25) is 0 Å². The van der Waals surface area contributed by atoms with E-state index in [9.17, 15) is 9.18 Å². The highest BCUT2D eigenvalue weighted by molar-refractivity contribution is 5.87. The van der Waals surface area contributed by atoms with Crippen LogP contribution in [0, 0.1) is 11.7 Å². The summed E-state index contributed by atoms with van der Waals surface area (Å²) < 4.78 is 14.0. The third kappa shape index (κ3) is 3.38. The summed E-state index contributed by atoms with van der Waals surface area (Å²) in [4.78, 5) is 12.8. The van der Waals surface area contributed by atoms with Crippen molar-refractivity contribution in [3.8, 4) is 0 Å². The molecule has 1 aromatic rings. The fourth-order valence-corrected chi connectivity index (χ4v) is 2.74.